The number of piperidine rings is 1. The van der Waals surface area contributed by atoms with E-state index in [1.807, 2.05) is 0 Å². The fourth-order valence-corrected chi connectivity index (χ4v) is 4.89. The van der Waals surface area contributed by atoms with Crippen LogP contribution in [0, 0.1) is 11.3 Å². The van der Waals surface area contributed by atoms with Crippen molar-refractivity contribution in [3.63, 3.8) is 0 Å². The molecule has 6 nitrogen and oxygen atoms in total. The SMILES string of the molecule is N#Cc1ccnc(Nc2nc(C3CCCCN3Cc3cc4ccccc4[nH]3)cs2)c1. The molecule has 1 fully saturated rings. The molecule has 7 heteroatoms. The number of H-pyrrole nitrogens is 1. The summed E-state index contributed by atoms with van der Waals surface area (Å²) in [6.45, 7) is 1.97. The van der Waals surface area contributed by atoms with Crippen molar-refractivity contribution in [2.45, 2.75) is 31.8 Å². The lowest BCUT2D eigenvalue weighted by atomic mass is 10.00. The minimum atomic E-state index is 0.315. The number of likely N-dealkylation sites (tertiary alicyclic amines) is 1. The number of aromatic nitrogens is 3. The van der Waals surface area contributed by atoms with Crippen molar-refractivity contribution >= 4 is 33.2 Å². The first-order valence-electron chi connectivity index (χ1n) is 10.2. The van der Waals surface area contributed by atoms with Crippen LogP contribution in [0.3, 0.4) is 0 Å². The fraction of sp³-hybridized carbons (Fsp3) is 0.261. The van der Waals surface area contributed by atoms with Gasteiger partial charge in [0.15, 0.2) is 5.13 Å². The second kappa shape index (κ2) is 8.27. The third-order valence-corrected chi connectivity index (χ3v) is 6.34. The number of fused-ring (bicyclic) bond motifs is 1. The van der Waals surface area contributed by atoms with E-state index in [0.29, 0.717) is 17.4 Å². The number of hydrogen-bond acceptors (Lipinski definition) is 6. The molecule has 1 aliphatic rings. The summed E-state index contributed by atoms with van der Waals surface area (Å²) in [7, 11) is 0. The number of rotatable bonds is 5. The summed E-state index contributed by atoms with van der Waals surface area (Å²) >= 11 is 1.58. The van der Waals surface area contributed by atoms with Gasteiger partial charge in [0, 0.05) is 29.3 Å². The molecule has 2 N–H and O–H groups in total. The molecule has 0 aliphatic carbocycles. The Labute approximate surface area is 179 Å². The van der Waals surface area contributed by atoms with E-state index in [1.165, 1.54) is 29.4 Å². The van der Waals surface area contributed by atoms with E-state index in [-0.39, 0.29) is 0 Å². The van der Waals surface area contributed by atoms with Crippen LogP contribution in [-0.2, 0) is 6.54 Å². The lowest BCUT2D eigenvalue weighted by molar-refractivity contribution is 0.136. The van der Waals surface area contributed by atoms with Crippen molar-refractivity contribution in [3.8, 4) is 6.07 Å². The molecule has 0 bridgehead atoms. The molecule has 1 atom stereocenters. The standard InChI is InChI=1S/C23H22N6S/c24-13-16-8-9-25-22(11-16)28-23-27-20(15-30-23)21-7-3-4-10-29(21)14-18-12-17-5-1-2-6-19(17)26-18/h1-2,5-6,8-9,11-12,15,21,26H,3-4,7,10,14H2,(H,25,27,28). The normalized spacial score (nSPS) is 17.1. The van der Waals surface area contributed by atoms with Crippen molar-refractivity contribution < 1.29 is 0 Å². The molecule has 0 radical (unpaired) electrons. The van der Waals surface area contributed by atoms with Gasteiger partial charge in [0.25, 0.3) is 0 Å². The van der Waals surface area contributed by atoms with E-state index in [4.69, 9.17) is 10.2 Å². The van der Waals surface area contributed by atoms with Gasteiger partial charge in [-0.3, -0.25) is 4.90 Å². The zero-order valence-electron chi connectivity index (χ0n) is 16.5. The lowest BCUT2D eigenvalue weighted by Gasteiger charge is -2.34. The first-order chi connectivity index (χ1) is 14.8. The molecular weight excluding hydrogens is 392 g/mol. The summed E-state index contributed by atoms with van der Waals surface area (Å²) in [5.74, 6) is 0.647. The van der Waals surface area contributed by atoms with E-state index in [1.54, 1.807) is 29.7 Å². The topological polar surface area (TPSA) is 80.6 Å². The van der Waals surface area contributed by atoms with Crippen LogP contribution in [0.5, 0.6) is 0 Å². The average Bonchev–Trinajstić information content (AvgIpc) is 3.40. The van der Waals surface area contributed by atoms with Crippen LogP contribution in [0.25, 0.3) is 10.9 Å². The van der Waals surface area contributed by atoms with Crippen LogP contribution < -0.4 is 5.32 Å². The summed E-state index contributed by atoms with van der Waals surface area (Å²) < 4.78 is 0. The number of benzene rings is 1. The molecule has 150 valence electrons. The molecule has 1 unspecified atom stereocenters. The maximum absolute atomic E-state index is 9.07. The van der Waals surface area contributed by atoms with Gasteiger partial charge in [0.2, 0.25) is 0 Å². The number of pyridine rings is 1. The van der Waals surface area contributed by atoms with Crippen LogP contribution in [0.2, 0.25) is 0 Å². The highest BCUT2D eigenvalue weighted by Gasteiger charge is 2.26. The van der Waals surface area contributed by atoms with Gasteiger partial charge in [-0.05, 0) is 49.0 Å². The molecule has 4 aromatic rings. The number of para-hydroxylation sites is 1. The first kappa shape index (κ1) is 18.8. The van der Waals surface area contributed by atoms with Gasteiger partial charge in [-0.1, -0.05) is 24.6 Å². The second-order valence-electron chi connectivity index (χ2n) is 7.61. The summed E-state index contributed by atoms with van der Waals surface area (Å²) in [6, 6.07) is 16.6. The van der Waals surface area contributed by atoms with Crippen LogP contribution in [0.1, 0.15) is 42.3 Å². The minimum Gasteiger partial charge on any atom is -0.357 e. The smallest absolute Gasteiger partial charge is 0.188 e. The molecule has 0 amide bonds. The molecular formula is C23H22N6S. The summed E-state index contributed by atoms with van der Waals surface area (Å²) in [6.07, 6.45) is 5.20. The number of nitrogens with zero attached hydrogens (tertiary/aromatic N) is 4. The number of nitrogens with one attached hydrogen (secondary N) is 2. The van der Waals surface area contributed by atoms with Crippen molar-refractivity contribution in [3.05, 3.63) is 71.0 Å². The highest BCUT2D eigenvalue weighted by Crippen LogP contribution is 2.34. The van der Waals surface area contributed by atoms with E-state index >= 15 is 0 Å². The van der Waals surface area contributed by atoms with E-state index in [9.17, 15) is 0 Å². The maximum Gasteiger partial charge on any atom is 0.188 e. The van der Waals surface area contributed by atoms with Gasteiger partial charge in [-0.15, -0.1) is 11.3 Å². The van der Waals surface area contributed by atoms with Gasteiger partial charge >= 0.3 is 0 Å². The number of hydrogen-bond donors (Lipinski definition) is 2. The Morgan fingerprint density at radius 2 is 2.17 bits per heavy atom. The monoisotopic (exact) mass is 414 g/mol. The van der Waals surface area contributed by atoms with Crippen molar-refractivity contribution in [1.29, 1.82) is 5.26 Å². The molecule has 0 saturated carbocycles. The lowest BCUT2D eigenvalue weighted by Crippen LogP contribution is -2.33. The molecule has 4 heterocycles. The Kier molecular flexibility index (Phi) is 5.18. The summed E-state index contributed by atoms with van der Waals surface area (Å²) in [5.41, 5.74) is 4.12. The first-order valence-corrected chi connectivity index (χ1v) is 11.1. The molecule has 1 aliphatic heterocycles. The van der Waals surface area contributed by atoms with Crippen LogP contribution in [0.15, 0.2) is 54.0 Å². The molecule has 30 heavy (non-hydrogen) atoms. The number of anilines is 2. The number of nitriles is 1. The van der Waals surface area contributed by atoms with Crippen molar-refractivity contribution in [2.24, 2.45) is 0 Å². The third kappa shape index (κ3) is 3.92. The molecule has 5 rings (SSSR count). The molecule has 1 aromatic carbocycles. The van der Waals surface area contributed by atoms with Gasteiger partial charge in [0.05, 0.1) is 23.4 Å². The zero-order chi connectivity index (χ0) is 20.3. The average molecular weight is 415 g/mol. The van der Waals surface area contributed by atoms with Crippen LogP contribution >= 0.6 is 11.3 Å². The second-order valence-corrected chi connectivity index (χ2v) is 8.47. The fourth-order valence-electron chi connectivity index (χ4n) is 4.13. The summed E-state index contributed by atoms with van der Waals surface area (Å²) in [5, 5.41) is 16.5. The molecule has 0 spiro atoms. The zero-order valence-corrected chi connectivity index (χ0v) is 17.3. The van der Waals surface area contributed by atoms with Gasteiger partial charge in [-0.25, -0.2) is 9.97 Å². The van der Waals surface area contributed by atoms with Gasteiger partial charge < -0.3 is 10.3 Å². The quantitative estimate of drug-likeness (QED) is 0.459. The van der Waals surface area contributed by atoms with Gasteiger partial charge in [0.1, 0.15) is 5.82 Å². The Bertz CT molecular complexity index is 1170. The third-order valence-electron chi connectivity index (χ3n) is 5.56. The Balaban J connectivity index is 1.33. The largest absolute Gasteiger partial charge is 0.357 e. The maximum atomic E-state index is 9.07. The molecule has 3 aromatic heterocycles. The Morgan fingerprint density at radius 3 is 3.07 bits per heavy atom. The Hall–Kier alpha value is -3.21. The van der Waals surface area contributed by atoms with E-state index in [2.05, 4.69) is 62.0 Å². The number of aromatic amines is 1. The predicted molar refractivity (Wildman–Crippen MR) is 120 cm³/mol. The van der Waals surface area contributed by atoms with E-state index in [0.717, 1.165) is 30.3 Å². The van der Waals surface area contributed by atoms with E-state index < -0.39 is 0 Å². The van der Waals surface area contributed by atoms with Gasteiger partial charge in [-0.2, -0.15) is 5.26 Å². The Morgan fingerprint density at radius 1 is 1.23 bits per heavy atom. The minimum absolute atomic E-state index is 0.315. The van der Waals surface area contributed by atoms with Crippen molar-refractivity contribution in [1.82, 2.24) is 19.9 Å². The van der Waals surface area contributed by atoms with Crippen LogP contribution in [0.4, 0.5) is 10.9 Å². The molecule has 1 saturated heterocycles. The number of thiazole rings is 1. The van der Waals surface area contributed by atoms with Crippen LogP contribution in [-0.4, -0.2) is 26.4 Å². The highest BCUT2D eigenvalue weighted by atomic mass is 32.1. The highest BCUT2D eigenvalue weighted by molar-refractivity contribution is 7.13. The summed E-state index contributed by atoms with van der Waals surface area (Å²) in [4.78, 5) is 15.2. The predicted octanol–water partition coefficient (Wildman–Crippen LogP) is 5.36. The van der Waals surface area contributed by atoms with Crippen molar-refractivity contribution in [2.75, 3.05) is 11.9 Å².